The van der Waals surface area contributed by atoms with Crippen molar-refractivity contribution >= 4 is 34.0 Å². The van der Waals surface area contributed by atoms with Gasteiger partial charge < -0.3 is 5.73 Å². The van der Waals surface area contributed by atoms with Crippen LogP contribution in [0.4, 0.5) is 0 Å². The van der Waals surface area contributed by atoms with Crippen LogP contribution in [0.5, 0.6) is 0 Å². The molecule has 2 heteroatoms. The van der Waals surface area contributed by atoms with Crippen molar-refractivity contribution in [1.82, 2.24) is 0 Å². The molecule has 1 saturated carbocycles. The summed E-state index contributed by atoms with van der Waals surface area (Å²) in [6.45, 7) is 0. The number of halogens is 1. The molecule has 0 amide bonds. The summed E-state index contributed by atoms with van der Waals surface area (Å²) in [6, 6.07) is 19.8. The van der Waals surface area contributed by atoms with E-state index in [1.165, 1.54) is 52.8 Å². The Hall–Kier alpha value is -1.57. The number of nitrogens with two attached hydrogens (primary N) is 1. The molecular weight excluding hydrogens is 290 g/mol. The van der Waals surface area contributed by atoms with Crippen LogP contribution in [-0.2, 0) is 0 Å². The van der Waals surface area contributed by atoms with Crippen LogP contribution in [0.15, 0.2) is 54.6 Å². The minimum absolute atomic E-state index is 0. The first-order valence-corrected chi connectivity index (χ1v) is 8.00. The van der Waals surface area contributed by atoms with Crippen molar-refractivity contribution < 1.29 is 0 Å². The molecule has 0 bridgehead atoms. The molecule has 0 aliphatic heterocycles. The van der Waals surface area contributed by atoms with Gasteiger partial charge in [-0.25, -0.2) is 0 Å². The smallest absolute Gasteiger partial charge is 0.0335 e. The van der Waals surface area contributed by atoms with Gasteiger partial charge in [-0.05, 0) is 51.9 Å². The lowest BCUT2D eigenvalue weighted by Crippen LogP contribution is -2.19. The van der Waals surface area contributed by atoms with Crippen LogP contribution in [-0.4, -0.2) is 0 Å². The molecule has 0 radical (unpaired) electrons. The molecule has 0 unspecified atom stereocenters. The summed E-state index contributed by atoms with van der Waals surface area (Å²) in [6.07, 6.45) is 5.22. The average molecular weight is 312 g/mol. The van der Waals surface area contributed by atoms with E-state index in [0.29, 0.717) is 5.92 Å². The van der Waals surface area contributed by atoms with Crippen LogP contribution >= 0.6 is 12.4 Å². The molecule has 1 fully saturated rings. The fourth-order valence-corrected chi connectivity index (χ4v) is 3.96. The Balaban J connectivity index is 0.00000144. The third-order valence-corrected chi connectivity index (χ3v) is 5.05. The Morgan fingerprint density at radius 2 is 1.32 bits per heavy atom. The largest absolute Gasteiger partial charge is 0.324 e. The normalized spacial score (nSPS) is 16.8. The predicted molar refractivity (Wildman–Crippen MR) is 97.6 cm³/mol. The van der Waals surface area contributed by atoms with E-state index in [1.807, 2.05) is 0 Å². The molecule has 1 aliphatic rings. The molecule has 22 heavy (non-hydrogen) atoms. The molecule has 3 aromatic rings. The van der Waals surface area contributed by atoms with Crippen LogP contribution in [0.25, 0.3) is 21.5 Å². The Bertz CT molecular complexity index is 736. The minimum atomic E-state index is 0. The molecule has 1 atom stereocenters. The SMILES string of the molecule is Cl.N[C@H](c1c2ccccc2cc2ccccc12)C1CCCC1. The van der Waals surface area contributed by atoms with Crippen LogP contribution in [0.2, 0.25) is 0 Å². The van der Waals surface area contributed by atoms with Gasteiger partial charge >= 0.3 is 0 Å². The first-order chi connectivity index (χ1) is 10.3. The molecule has 0 aromatic heterocycles. The van der Waals surface area contributed by atoms with E-state index in [2.05, 4.69) is 54.6 Å². The van der Waals surface area contributed by atoms with Crippen molar-refractivity contribution in [3.05, 3.63) is 60.2 Å². The topological polar surface area (TPSA) is 26.0 Å². The molecule has 114 valence electrons. The quantitative estimate of drug-likeness (QED) is 0.612. The van der Waals surface area contributed by atoms with E-state index < -0.39 is 0 Å². The highest BCUT2D eigenvalue weighted by Crippen LogP contribution is 2.40. The second kappa shape index (κ2) is 6.28. The van der Waals surface area contributed by atoms with Crippen LogP contribution in [0.3, 0.4) is 0 Å². The van der Waals surface area contributed by atoms with Gasteiger partial charge in [-0.2, -0.15) is 0 Å². The van der Waals surface area contributed by atoms with Gasteiger partial charge in [0, 0.05) is 6.04 Å². The monoisotopic (exact) mass is 311 g/mol. The second-order valence-electron chi connectivity index (χ2n) is 6.30. The van der Waals surface area contributed by atoms with Crippen molar-refractivity contribution in [2.45, 2.75) is 31.7 Å². The fourth-order valence-electron chi connectivity index (χ4n) is 3.96. The number of fused-ring (bicyclic) bond motifs is 2. The van der Waals surface area contributed by atoms with E-state index >= 15 is 0 Å². The zero-order valence-corrected chi connectivity index (χ0v) is 13.5. The van der Waals surface area contributed by atoms with Crippen molar-refractivity contribution in [3.8, 4) is 0 Å². The van der Waals surface area contributed by atoms with Crippen molar-refractivity contribution in [2.24, 2.45) is 11.7 Å². The molecular formula is C20H22ClN. The van der Waals surface area contributed by atoms with Crippen LogP contribution < -0.4 is 5.73 Å². The zero-order chi connectivity index (χ0) is 14.2. The third-order valence-electron chi connectivity index (χ3n) is 5.05. The highest BCUT2D eigenvalue weighted by molar-refractivity contribution is 6.02. The molecule has 3 aromatic carbocycles. The minimum Gasteiger partial charge on any atom is -0.324 e. The summed E-state index contributed by atoms with van der Waals surface area (Å²) in [5, 5.41) is 5.27. The molecule has 0 saturated heterocycles. The van der Waals surface area contributed by atoms with E-state index in [-0.39, 0.29) is 18.4 Å². The molecule has 4 rings (SSSR count). The summed E-state index contributed by atoms with van der Waals surface area (Å²) in [5.41, 5.74) is 8.09. The molecule has 2 N–H and O–H groups in total. The zero-order valence-electron chi connectivity index (χ0n) is 12.7. The summed E-state index contributed by atoms with van der Waals surface area (Å²) in [7, 11) is 0. The van der Waals surface area contributed by atoms with Gasteiger partial charge in [0.2, 0.25) is 0 Å². The van der Waals surface area contributed by atoms with Crippen molar-refractivity contribution in [2.75, 3.05) is 0 Å². The average Bonchev–Trinajstić information content (AvgIpc) is 3.06. The second-order valence-corrected chi connectivity index (χ2v) is 6.30. The summed E-state index contributed by atoms with van der Waals surface area (Å²) >= 11 is 0. The molecule has 0 spiro atoms. The third kappa shape index (κ3) is 2.49. The predicted octanol–water partition coefficient (Wildman–Crippen LogP) is 5.60. The highest BCUT2D eigenvalue weighted by atomic mass is 35.5. The maximum Gasteiger partial charge on any atom is 0.0335 e. The lowest BCUT2D eigenvalue weighted by molar-refractivity contribution is 0.449. The van der Waals surface area contributed by atoms with E-state index in [4.69, 9.17) is 5.73 Å². The number of hydrogen-bond acceptors (Lipinski definition) is 1. The van der Waals surface area contributed by atoms with Crippen LogP contribution in [0, 0.1) is 5.92 Å². The van der Waals surface area contributed by atoms with Gasteiger partial charge in [-0.15, -0.1) is 12.4 Å². The molecule has 0 heterocycles. The number of hydrogen-bond donors (Lipinski definition) is 1. The van der Waals surface area contributed by atoms with Gasteiger partial charge in [0.25, 0.3) is 0 Å². The van der Waals surface area contributed by atoms with Gasteiger partial charge in [-0.1, -0.05) is 61.4 Å². The van der Waals surface area contributed by atoms with Gasteiger partial charge in [-0.3, -0.25) is 0 Å². The maximum absolute atomic E-state index is 6.73. The van der Waals surface area contributed by atoms with Gasteiger partial charge in [0.15, 0.2) is 0 Å². The Morgan fingerprint density at radius 1 is 0.818 bits per heavy atom. The lowest BCUT2D eigenvalue weighted by atomic mass is 9.86. The summed E-state index contributed by atoms with van der Waals surface area (Å²) in [5.74, 6) is 0.638. The highest BCUT2D eigenvalue weighted by Gasteiger charge is 2.25. The first-order valence-electron chi connectivity index (χ1n) is 8.00. The van der Waals surface area contributed by atoms with Crippen molar-refractivity contribution in [3.63, 3.8) is 0 Å². The summed E-state index contributed by atoms with van der Waals surface area (Å²) < 4.78 is 0. The van der Waals surface area contributed by atoms with Crippen molar-refractivity contribution in [1.29, 1.82) is 0 Å². The molecule has 1 aliphatic carbocycles. The number of benzene rings is 3. The Morgan fingerprint density at radius 3 is 1.86 bits per heavy atom. The van der Waals surface area contributed by atoms with Crippen LogP contribution in [0.1, 0.15) is 37.3 Å². The van der Waals surface area contributed by atoms with Gasteiger partial charge in [0.1, 0.15) is 0 Å². The number of rotatable bonds is 2. The standard InChI is InChI=1S/C20H21N.ClH/c21-20(14-7-1-2-8-14)19-17-11-5-3-9-15(17)13-16-10-4-6-12-18(16)19;/h3-6,9-14,20H,1-2,7-8,21H2;1H/t20-;/m0./s1. The fraction of sp³-hybridized carbons (Fsp3) is 0.300. The van der Waals surface area contributed by atoms with E-state index in [9.17, 15) is 0 Å². The Kier molecular flexibility index (Phi) is 4.37. The first kappa shape index (κ1) is 15.3. The summed E-state index contributed by atoms with van der Waals surface area (Å²) in [4.78, 5) is 0. The lowest BCUT2D eigenvalue weighted by Gasteiger charge is -2.23. The van der Waals surface area contributed by atoms with E-state index in [1.54, 1.807) is 0 Å². The molecule has 1 nitrogen and oxygen atoms in total. The maximum atomic E-state index is 6.73. The van der Waals surface area contributed by atoms with Gasteiger partial charge in [0.05, 0.1) is 0 Å². The van der Waals surface area contributed by atoms with E-state index in [0.717, 1.165) is 0 Å². The Labute approximate surface area is 137 Å².